The molecule has 2 heterocycles. The van der Waals surface area contributed by atoms with E-state index in [1.54, 1.807) is 0 Å². The zero-order valence-corrected chi connectivity index (χ0v) is 17.6. The Labute approximate surface area is 190 Å². The molecule has 2 unspecified atom stereocenters. The van der Waals surface area contributed by atoms with Crippen molar-refractivity contribution in [3.05, 3.63) is 69.7 Å². The fourth-order valence-electron chi connectivity index (χ4n) is 4.44. The molecule has 3 N–H and O–H groups in total. The van der Waals surface area contributed by atoms with Crippen LogP contribution in [0.1, 0.15) is 56.6 Å². The average Bonchev–Trinajstić information content (AvgIpc) is 2.99. The van der Waals surface area contributed by atoms with Gasteiger partial charge in [-0.05, 0) is 47.9 Å². The van der Waals surface area contributed by atoms with E-state index in [9.17, 15) is 32.3 Å². The third kappa shape index (κ3) is 4.06. The Morgan fingerprint density at radius 3 is 2.48 bits per heavy atom. The molecule has 0 bridgehead atoms. The molecule has 0 radical (unpaired) electrons. The van der Waals surface area contributed by atoms with Crippen LogP contribution in [-0.2, 0) is 9.59 Å². The van der Waals surface area contributed by atoms with E-state index in [-0.39, 0.29) is 40.1 Å². The van der Waals surface area contributed by atoms with Gasteiger partial charge >= 0.3 is 6.18 Å². The molecular weight excluding hydrogens is 463 g/mol. The lowest BCUT2D eigenvalue weighted by atomic mass is 9.84. The van der Waals surface area contributed by atoms with Crippen molar-refractivity contribution in [1.29, 1.82) is 0 Å². The van der Waals surface area contributed by atoms with Crippen molar-refractivity contribution < 1.29 is 32.3 Å². The van der Waals surface area contributed by atoms with E-state index < -0.39 is 47.8 Å². The molecule has 3 atom stereocenters. The van der Waals surface area contributed by atoms with Gasteiger partial charge in [0, 0.05) is 22.6 Å². The highest BCUT2D eigenvalue weighted by Crippen LogP contribution is 2.52. The summed E-state index contributed by atoms with van der Waals surface area (Å²) < 4.78 is 43.6. The van der Waals surface area contributed by atoms with Crippen LogP contribution >= 0.6 is 11.6 Å². The van der Waals surface area contributed by atoms with E-state index >= 15 is 0 Å². The van der Waals surface area contributed by atoms with E-state index in [1.165, 1.54) is 30.3 Å². The summed E-state index contributed by atoms with van der Waals surface area (Å²) in [6.45, 7) is 0. The summed E-state index contributed by atoms with van der Waals surface area (Å²) in [5, 5.41) is 2.14. The van der Waals surface area contributed by atoms with E-state index in [0.29, 0.717) is 0 Å². The van der Waals surface area contributed by atoms with Gasteiger partial charge in [-0.2, -0.15) is 13.2 Å². The summed E-state index contributed by atoms with van der Waals surface area (Å²) in [6.07, 6.45) is -5.13. The number of nitrogens with one attached hydrogen (secondary N) is 1. The number of amides is 4. The monoisotopic (exact) mass is 479 g/mol. The molecule has 2 aromatic carbocycles. The summed E-state index contributed by atoms with van der Waals surface area (Å²) in [5.74, 6) is -5.39. The van der Waals surface area contributed by atoms with Crippen LogP contribution in [0.3, 0.4) is 0 Å². The van der Waals surface area contributed by atoms with Gasteiger partial charge in [0.25, 0.3) is 5.91 Å². The van der Waals surface area contributed by atoms with Crippen LogP contribution in [0.4, 0.5) is 13.2 Å². The second-order valence-corrected chi connectivity index (χ2v) is 8.30. The number of benzene rings is 2. The third-order valence-corrected chi connectivity index (χ3v) is 6.08. The van der Waals surface area contributed by atoms with Gasteiger partial charge < -0.3 is 10.6 Å². The van der Waals surface area contributed by atoms with Gasteiger partial charge in [0.05, 0.1) is 6.04 Å². The summed E-state index contributed by atoms with van der Waals surface area (Å²) in [7, 11) is 0. The summed E-state index contributed by atoms with van der Waals surface area (Å²) in [4.78, 5) is 50.1. The smallest absolute Gasteiger partial charge is 0.366 e. The standard InChI is InChI=1S/C22H17ClF3N3O4/c23-12-3-1-2-10(8-12)17(22(24,25)26)18-14-9-11(19(27)31)4-5-13(14)21(33)29(18)15-6-7-16(30)28-20(15)32/h1-5,8-9,15,17-18H,6-7H2,(H2,27,31)(H,28,30,32)/t15?,17-,18?/m1/s1. The van der Waals surface area contributed by atoms with Crippen LogP contribution in [0.15, 0.2) is 42.5 Å². The van der Waals surface area contributed by atoms with Crippen molar-refractivity contribution >= 4 is 35.2 Å². The van der Waals surface area contributed by atoms with Gasteiger partial charge in [-0.1, -0.05) is 23.7 Å². The molecule has 4 rings (SSSR count). The molecule has 1 fully saturated rings. The Bertz CT molecular complexity index is 1180. The van der Waals surface area contributed by atoms with Crippen LogP contribution in [0.25, 0.3) is 0 Å². The maximum Gasteiger partial charge on any atom is 0.398 e. The minimum Gasteiger partial charge on any atom is -0.366 e. The Morgan fingerprint density at radius 2 is 1.88 bits per heavy atom. The number of carbonyl (C=O) groups is 4. The predicted molar refractivity (Wildman–Crippen MR) is 110 cm³/mol. The first-order valence-corrected chi connectivity index (χ1v) is 10.3. The van der Waals surface area contributed by atoms with Gasteiger partial charge in [-0.15, -0.1) is 0 Å². The van der Waals surface area contributed by atoms with Gasteiger partial charge in [0.2, 0.25) is 17.7 Å². The molecule has 4 amide bonds. The number of hydrogen-bond acceptors (Lipinski definition) is 4. The van der Waals surface area contributed by atoms with Gasteiger partial charge in [0.15, 0.2) is 0 Å². The molecule has 0 aliphatic carbocycles. The first-order chi connectivity index (χ1) is 15.5. The van der Waals surface area contributed by atoms with Crippen molar-refractivity contribution in [3.8, 4) is 0 Å². The Kier molecular flexibility index (Phi) is 5.65. The number of rotatable bonds is 4. The van der Waals surface area contributed by atoms with Gasteiger partial charge in [-0.3, -0.25) is 24.5 Å². The number of primary amides is 1. The van der Waals surface area contributed by atoms with Crippen LogP contribution < -0.4 is 11.1 Å². The number of hydrogen-bond donors (Lipinski definition) is 2. The van der Waals surface area contributed by atoms with E-state index in [1.807, 2.05) is 0 Å². The number of piperidine rings is 1. The summed E-state index contributed by atoms with van der Waals surface area (Å²) >= 11 is 5.95. The molecule has 0 spiro atoms. The first kappa shape index (κ1) is 22.8. The molecule has 1 saturated heterocycles. The van der Waals surface area contributed by atoms with Crippen LogP contribution in [0.2, 0.25) is 5.02 Å². The topological polar surface area (TPSA) is 110 Å². The Balaban J connectivity index is 1.94. The lowest BCUT2D eigenvalue weighted by Crippen LogP contribution is -2.54. The van der Waals surface area contributed by atoms with E-state index in [4.69, 9.17) is 17.3 Å². The van der Waals surface area contributed by atoms with E-state index in [0.717, 1.165) is 17.0 Å². The molecule has 7 nitrogen and oxygen atoms in total. The molecule has 11 heteroatoms. The molecule has 2 aromatic rings. The van der Waals surface area contributed by atoms with Gasteiger partial charge in [-0.25, -0.2) is 0 Å². The molecule has 0 saturated carbocycles. The molecule has 0 aromatic heterocycles. The highest BCUT2D eigenvalue weighted by molar-refractivity contribution is 6.30. The first-order valence-electron chi connectivity index (χ1n) is 9.91. The maximum atomic E-state index is 14.5. The highest BCUT2D eigenvalue weighted by atomic mass is 35.5. The normalized spacial score (nSPS) is 21.6. The number of nitrogens with two attached hydrogens (primary N) is 1. The third-order valence-electron chi connectivity index (χ3n) is 5.84. The lowest BCUT2D eigenvalue weighted by molar-refractivity contribution is -0.167. The van der Waals surface area contributed by atoms with Crippen molar-refractivity contribution in [2.45, 2.75) is 37.0 Å². The number of halogens is 4. The molecule has 33 heavy (non-hydrogen) atoms. The Morgan fingerprint density at radius 1 is 1.15 bits per heavy atom. The molecular formula is C22H17ClF3N3O4. The maximum absolute atomic E-state index is 14.5. The summed E-state index contributed by atoms with van der Waals surface area (Å²) in [6, 6.07) is 5.75. The minimum absolute atomic E-state index is 0.0599. The van der Waals surface area contributed by atoms with Crippen molar-refractivity contribution in [2.24, 2.45) is 5.73 Å². The zero-order chi connectivity index (χ0) is 24.1. The number of carbonyl (C=O) groups excluding carboxylic acids is 4. The van der Waals surface area contributed by atoms with Crippen LogP contribution in [0.5, 0.6) is 0 Å². The van der Waals surface area contributed by atoms with Crippen LogP contribution in [-0.4, -0.2) is 40.7 Å². The molecule has 2 aliphatic heterocycles. The second kappa shape index (κ2) is 8.18. The average molecular weight is 480 g/mol. The molecule has 172 valence electrons. The fraction of sp³-hybridized carbons (Fsp3) is 0.273. The predicted octanol–water partition coefficient (Wildman–Crippen LogP) is 3.09. The largest absolute Gasteiger partial charge is 0.398 e. The van der Waals surface area contributed by atoms with Gasteiger partial charge in [0.1, 0.15) is 12.0 Å². The summed E-state index contributed by atoms with van der Waals surface area (Å²) in [5.41, 5.74) is 4.86. The number of nitrogens with zero attached hydrogens (tertiary/aromatic N) is 1. The fourth-order valence-corrected chi connectivity index (χ4v) is 4.64. The lowest BCUT2D eigenvalue weighted by Gasteiger charge is -2.39. The van der Waals surface area contributed by atoms with Crippen molar-refractivity contribution in [1.82, 2.24) is 10.2 Å². The zero-order valence-electron chi connectivity index (χ0n) is 16.9. The number of fused-ring (bicyclic) bond motifs is 1. The van der Waals surface area contributed by atoms with E-state index in [2.05, 4.69) is 5.32 Å². The highest BCUT2D eigenvalue weighted by Gasteiger charge is 2.55. The SMILES string of the molecule is NC(=O)c1ccc2c(c1)C([C@@H](c1cccc(Cl)c1)C(F)(F)F)N(C1CCC(=O)NC1=O)C2=O. The van der Waals surface area contributed by atoms with Crippen molar-refractivity contribution in [3.63, 3.8) is 0 Å². The quantitative estimate of drug-likeness (QED) is 0.657. The Hall–Kier alpha value is -3.40. The second-order valence-electron chi connectivity index (χ2n) is 7.86. The minimum atomic E-state index is -4.86. The van der Waals surface area contributed by atoms with Crippen LogP contribution in [0, 0.1) is 0 Å². The van der Waals surface area contributed by atoms with Crippen molar-refractivity contribution in [2.75, 3.05) is 0 Å². The number of imide groups is 1. The molecule has 2 aliphatic rings. The number of alkyl halides is 3.